The maximum atomic E-state index is 12.3. The zero-order chi connectivity index (χ0) is 24.5. The number of methoxy groups -OCH3 is 1. The molecule has 0 saturated heterocycles. The topological polar surface area (TPSA) is 145 Å². The molecular formula is C23H33N5O5. The number of rotatable bonds is 8. The number of nitrogens with two attached hydrogens (primary N) is 2. The average Bonchev–Trinajstić information content (AvgIpc) is 2.77. The lowest BCUT2D eigenvalue weighted by atomic mass is 9.93. The summed E-state index contributed by atoms with van der Waals surface area (Å²) in [5, 5.41) is 13.4. The second-order valence-electron chi connectivity index (χ2n) is 7.55. The van der Waals surface area contributed by atoms with Gasteiger partial charge in [0.2, 0.25) is 0 Å². The number of aromatic nitrogens is 1. The maximum Gasteiger partial charge on any atom is 0.341 e. The Labute approximate surface area is 193 Å². The molecule has 0 fully saturated rings. The van der Waals surface area contributed by atoms with E-state index in [1.54, 1.807) is 18.7 Å². The summed E-state index contributed by atoms with van der Waals surface area (Å²) >= 11 is 0. The number of carbonyl (C=O) groups is 1. The highest BCUT2D eigenvalue weighted by molar-refractivity contribution is 5.88. The van der Waals surface area contributed by atoms with E-state index in [1.807, 2.05) is 26.2 Å². The zero-order valence-electron chi connectivity index (χ0n) is 19.6. The van der Waals surface area contributed by atoms with Gasteiger partial charge in [0.1, 0.15) is 11.3 Å². The molecule has 1 aromatic heterocycles. The third-order valence-electron chi connectivity index (χ3n) is 5.03. The van der Waals surface area contributed by atoms with Gasteiger partial charge in [-0.25, -0.2) is 10.6 Å². The Kier molecular flexibility index (Phi) is 9.46. The van der Waals surface area contributed by atoms with Crippen LogP contribution in [0, 0.1) is 0 Å². The van der Waals surface area contributed by atoms with Crippen LogP contribution in [0.25, 0.3) is 17.0 Å². The van der Waals surface area contributed by atoms with Crippen molar-refractivity contribution in [3.05, 3.63) is 57.5 Å². The molecule has 6 N–H and O–H groups in total. The number of pyridine rings is 1. The Morgan fingerprint density at radius 3 is 2.55 bits per heavy atom. The summed E-state index contributed by atoms with van der Waals surface area (Å²) in [4.78, 5) is 23.6. The van der Waals surface area contributed by atoms with Crippen molar-refractivity contribution >= 4 is 11.7 Å². The Hall–Kier alpha value is -3.34. The summed E-state index contributed by atoms with van der Waals surface area (Å²) in [5.74, 6) is 5.36. The number of hydrogen-bond donors (Lipinski definition) is 4. The number of aryl methyl sites for hydroxylation is 2. The SMILES string of the molecule is CNC.COCCCOc1cc2c(cc1/C(=C/N)N(C)N)-c1cc(=O)c(C(=O)O)cn1CC2. The van der Waals surface area contributed by atoms with Crippen molar-refractivity contribution in [3.8, 4) is 17.0 Å². The van der Waals surface area contributed by atoms with Gasteiger partial charge in [-0.15, -0.1) is 0 Å². The molecule has 1 aliphatic heterocycles. The molecule has 2 heterocycles. The van der Waals surface area contributed by atoms with Gasteiger partial charge in [0.15, 0.2) is 5.43 Å². The van der Waals surface area contributed by atoms with E-state index < -0.39 is 11.4 Å². The van der Waals surface area contributed by atoms with E-state index in [1.165, 1.54) is 23.5 Å². The van der Waals surface area contributed by atoms with Crippen LogP contribution in [0.5, 0.6) is 5.75 Å². The van der Waals surface area contributed by atoms with Crippen molar-refractivity contribution in [3.63, 3.8) is 0 Å². The van der Waals surface area contributed by atoms with Crippen molar-refractivity contribution < 1.29 is 19.4 Å². The van der Waals surface area contributed by atoms with Crippen molar-refractivity contribution in [2.75, 3.05) is 41.5 Å². The first-order valence-corrected chi connectivity index (χ1v) is 10.5. The minimum absolute atomic E-state index is 0.246. The van der Waals surface area contributed by atoms with Gasteiger partial charge in [0, 0.05) is 63.3 Å². The number of benzene rings is 1. The molecule has 10 nitrogen and oxygen atoms in total. The average molecular weight is 460 g/mol. The highest BCUT2D eigenvalue weighted by Gasteiger charge is 2.23. The first kappa shape index (κ1) is 25.9. The standard InChI is InChI=1S/C21H26N4O5.C2H7N/c1-24(23)18(11-22)15-9-14-13(8-20(15)30-7-3-6-29-2)4-5-25-12-16(21(27)28)19(26)10-17(14)25;1-3-2/h8-12H,3-7,22-23H2,1-2H3,(H,27,28);3H,1-2H3/b18-11-;. The molecule has 0 amide bonds. The van der Waals surface area contributed by atoms with E-state index in [-0.39, 0.29) is 5.56 Å². The largest absolute Gasteiger partial charge is 0.493 e. The van der Waals surface area contributed by atoms with Gasteiger partial charge in [-0.1, -0.05) is 0 Å². The molecule has 2 aromatic rings. The minimum Gasteiger partial charge on any atom is -0.493 e. The predicted octanol–water partition coefficient (Wildman–Crippen LogP) is 1.08. The van der Waals surface area contributed by atoms with Crippen LogP contribution < -0.4 is 27.1 Å². The maximum absolute atomic E-state index is 12.3. The van der Waals surface area contributed by atoms with Crippen LogP contribution in [0.4, 0.5) is 0 Å². The fourth-order valence-electron chi connectivity index (χ4n) is 3.56. The molecule has 0 atom stereocenters. The molecule has 0 unspecified atom stereocenters. The molecule has 3 rings (SSSR count). The number of ether oxygens (including phenoxy) is 2. The second kappa shape index (κ2) is 12.0. The highest BCUT2D eigenvalue weighted by atomic mass is 16.5. The van der Waals surface area contributed by atoms with Gasteiger partial charge in [-0.05, 0) is 38.2 Å². The fourth-order valence-corrected chi connectivity index (χ4v) is 3.56. The van der Waals surface area contributed by atoms with Gasteiger partial charge >= 0.3 is 5.97 Å². The molecule has 0 saturated carbocycles. The summed E-state index contributed by atoms with van der Waals surface area (Å²) in [6.45, 7) is 1.60. The van der Waals surface area contributed by atoms with Crippen molar-refractivity contribution in [2.24, 2.45) is 11.6 Å². The van der Waals surface area contributed by atoms with Crippen LogP contribution in [0.1, 0.15) is 27.9 Å². The van der Waals surface area contributed by atoms with E-state index in [2.05, 4.69) is 5.32 Å². The molecule has 0 aliphatic carbocycles. The minimum atomic E-state index is -1.24. The van der Waals surface area contributed by atoms with Crippen LogP contribution in [0.3, 0.4) is 0 Å². The van der Waals surface area contributed by atoms with Crippen LogP contribution in [-0.4, -0.2) is 62.1 Å². The number of fused-ring (bicyclic) bond motifs is 3. The van der Waals surface area contributed by atoms with Crippen LogP contribution >= 0.6 is 0 Å². The van der Waals surface area contributed by atoms with E-state index >= 15 is 0 Å². The summed E-state index contributed by atoms with van der Waals surface area (Å²) in [5.41, 5.74) is 8.74. The Bertz CT molecular complexity index is 1060. The summed E-state index contributed by atoms with van der Waals surface area (Å²) in [6.07, 6.45) is 4.18. The van der Waals surface area contributed by atoms with E-state index in [9.17, 15) is 14.7 Å². The van der Waals surface area contributed by atoms with Crippen molar-refractivity contribution in [2.45, 2.75) is 19.4 Å². The monoisotopic (exact) mass is 459 g/mol. The Morgan fingerprint density at radius 2 is 1.97 bits per heavy atom. The number of carboxylic acid groups (broad SMARTS) is 1. The molecule has 1 aromatic carbocycles. The van der Waals surface area contributed by atoms with Gasteiger partial charge in [0.05, 0.1) is 18.0 Å². The van der Waals surface area contributed by atoms with Gasteiger partial charge in [0.25, 0.3) is 0 Å². The number of aromatic carboxylic acids is 1. The van der Waals surface area contributed by atoms with Gasteiger partial charge < -0.3 is 35.2 Å². The van der Waals surface area contributed by atoms with E-state index in [0.29, 0.717) is 48.9 Å². The van der Waals surface area contributed by atoms with Gasteiger partial charge in [-0.3, -0.25) is 4.79 Å². The summed E-state index contributed by atoms with van der Waals surface area (Å²) < 4.78 is 12.9. The molecule has 33 heavy (non-hydrogen) atoms. The number of nitrogens with one attached hydrogen (secondary N) is 1. The first-order chi connectivity index (χ1) is 15.8. The smallest absolute Gasteiger partial charge is 0.341 e. The van der Waals surface area contributed by atoms with Crippen LogP contribution in [-0.2, 0) is 17.7 Å². The molecule has 1 aliphatic rings. The highest BCUT2D eigenvalue weighted by Crippen LogP contribution is 2.37. The lowest BCUT2D eigenvalue weighted by Gasteiger charge is -2.26. The Balaban J connectivity index is 0.00000122. The predicted molar refractivity (Wildman–Crippen MR) is 128 cm³/mol. The normalized spacial score (nSPS) is 12.2. The lowest BCUT2D eigenvalue weighted by Crippen LogP contribution is -2.26. The summed E-state index contributed by atoms with van der Waals surface area (Å²) in [6, 6.07) is 5.18. The third-order valence-corrected chi connectivity index (χ3v) is 5.03. The van der Waals surface area contributed by atoms with E-state index in [0.717, 1.165) is 17.5 Å². The molecule has 0 radical (unpaired) electrons. The number of carboxylic acids is 1. The molecular weight excluding hydrogens is 426 g/mol. The number of hydrogen-bond acceptors (Lipinski definition) is 8. The first-order valence-electron chi connectivity index (χ1n) is 10.5. The third kappa shape index (κ3) is 6.13. The van der Waals surface area contributed by atoms with Gasteiger partial charge in [-0.2, -0.15) is 0 Å². The lowest BCUT2D eigenvalue weighted by molar-refractivity contribution is 0.0694. The molecule has 0 spiro atoms. The second-order valence-corrected chi connectivity index (χ2v) is 7.55. The van der Waals surface area contributed by atoms with Crippen LogP contribution in [0.2, 0.25) is 0 Å². The summed E-state index contributed by atoms with van der Waals surface area (Å²) in [7, 11) is 7.06. The molecule has 0 bridgehead atoms. The fraction of sp³-hybridized carbons (Fsp3) is 0.391. The molecule has 180 valence electrons. The number of nitrogens with zero attached hydrogens (tertiary/aromatic N) is 2. The quantitative estimate of drug-likeness (QED) is 0.259. The molecule has 10 heteroatoms. The Morgan fingerprint density at radius 1 is 1.27 bits per heavy atom. The van der Waals surface area contributed by atoms with Crippen LogP contribution in [0.15, 0.2) is 35.4 Å². The zero-order valence-corrected chi connectivity index (χ0v) is 19.6. The van der Waals surface area contributed by atoms with Crippen molar-refractivity contribution in [1.29, 1.82) is 0 Å². The van der Waals surface area contributed by atoms with E-state index in [4.69, 9.17) is 21.1 Å². The van der Waals surface area contributed by atoms with Crippen molar-refractivity contribution in [1.82, 2.24) is 14.9 Å². The number of hydrazine groups is 1.